The second-order valence-corrected chi connectivity index (χ2v) is 5.19. The molecule has 4 heteroatoms. The van der Waals surface area contributed by atoms with E-state index in [4.69, 9.17) is 10.6 Å². The van der Waals surface area contributed by atoms with Gasteiger partial charge in [0.05, 0.1) is 6.61 Å². The van der Waals surface area contributed by atoms with Gasteiger partial charge in [-0.25, -0.2) is 5.84 Å². The van der Waals surface area contributed by atoms with Gasteiger partial charge < -0.3 is 4.74 Å². The van der Waals surface area contributed by atoms with Crippen LogP contribution in [0.3, 0.4) is 0 Å². The minimum atomic E-state index is -0.446. The first-order chi connectivity index (χ1) is 8.06. The van der Waals surface area contributed by atoms with Crippen molar-refractivity contribution in [3.63, 3.8) is 0 Å². The molecule has 17 heavy (non-hydrogen) atoms. The summed E-state index contributed by atoms with van der Waals surface area (Å²) in [5.41, 5.74) is 2.17. The second kappa shape index (κ2) is 6.77. The van der Waals surface area contributed by atoms with Crippen molar-refractivity contribution in [3.05, 3.63) is 12.2 Å². The molecule has 1 aliphatic rings. The molecule has 0 aliphatic heterocycles. The molecule has 98 valence electrons. The summed E-state index contributed by atoms with van der Waals surface area (Å²) in [6, 6.07) is 0. The molecule has 0 spiro atoms. The monoisotopic (exact) mass is 240 g/mol. The SMILES string of the molecule is CC(C)C(OCC1CC=CCC1C)C(=O)NN. The quantitative estimate of drug-likeness (QED) is 0.332. The van der Waals surface area contributed by atoms with Gasteiger partial charge in [0.2, 0.25) is 0 Å². The molecule has 3 unspecified atom stereocenters. The summed E-state index contributed by atoms with van der Waals surface area (Å²) in [7, 11) is 0. The summed E-state index contributed by atoms with van der Waals surface area (Å²) < 4.78 is 5.74. The summed E-state index contributed by atoms with van der Waals surface area (Å²) in [6.45, 7) is 6.78. The number of carbonyl (C=O) groups excluding carboxylic acids is 1. The Bertz CT molecular complexity index is 277. The predicted octanol–water partition coefficient (Wildman–Crippen LogP) is 1.62. The van der Waals surface area contributed by atoms with Gasteiger partial charge in [0.25, 0.3) is 5.91 Å². The smallest absolute Gasteiger partial charge is 0.263 e. The Hall–Kier alpha value is -0.870. The second-order valence-electron chi connectivity index (χ2n) is 5.19. The first kappa shape index (κ1) is 14.2. The van der Waals surface area contributed by atoms with Crippen LogP contribution in [0.1, 0.15) is 33.6 Å². The van der Waals surface area contributed by atoms with E-state index in [1.54, 1.807) is 0 Å². The van der Waals surface area contributed by atoms with Crippen molar-refractivity contribution in [3.8, 4) is 0 Å². The lowest BCUT2D eigenvalue weighted by Gasteiger charge is -2.28. The van der Waals surface area contributed by atoms with Gasteiger partial charge in [-0.2, -0.15) is 0 Å². The van der Waals surface area contributed by atoms with E-state index < -0.39 is 6.10 Å². The molecule has 1 rings (SSSR count). The highest BCUT2D eigenvalue weighted by atomic mass is 16.5. The molecule has 0 aromatic rings. The summed E-state index contributed by atoms with van der Waals surface area (Å²) in [5, 5.41) is 0. The Balaban J connectivity index is 2.46. The minimum Gasteiger partial charge on any atom is -0.368 e. The van der Waals surface area contributed by atoms with Crippen molar-refractivity contribution < 1.29 is 9.53 Å². The number of hydrogen-bond acceptors (Lipinski definition) is 3. The van der Waals surface area contributed by atoms with E-state index in [2.05, 4.69) is 24.5 Å². The van der Waals surface area contributed by atoms with Gasteiger partial charge in [-0.1, -0.05) is 32.9 Å². The normalized spacial score (nSPS) is 25.9. The lowest BCUT2D eigenvalue weighted by atomic mass is 9.85. The van der Waals surface area contributed by atoms with Crippen LogP contribution < -0.4 is 11.3 Å². The highest BCUT2D eigenvalue weighted by molar-refractivity contribution is 5.80. The molecule has 0 saturated carbocycles. The Morgan fingerprint density at radius 2 is 2.12 bits per heavy atom. The van der Waals surface area contributed by atoms with Gasteiger partial charge in [-0.3, -0.25) is 10.2 Å². The van der Waals surface area contributed by atoms with Crippen molar-refractivity contribution in [2.45, 2.75) is 39.7 Å². The van der Waals surface area contributed by atoms with Gasteiger partial charge in [0, 0.05) is 0 Å². The fourth-order valence-corrected chi connectivity index (χ4v) is 2.12. The third-order valence-electron chi connectivity index (χ3n) is 3.41. The van der Waals surface area contributed by atoms with E-state index in [-0.39, 0.29) is 11.8 Å². The molecule has 0 aromatic carbocycles. The maximum Gasteiger partial charge on any atom is 0.263 e. The lowest BCUT2D eigenvalue weighted by molar-refractivity contribution is -0.137. The third-order valence-corrected chi connectivity index (χ3v) is 3.41. The largest absolute Gasteiger partial charge is 0.368 e. The van der Waals surface area contributed by atoms with Crippen molar-refractivity contribution in [1.82, 2.24) is 5.43 Å². The molecule has 1 aliphatic carbocycles. The molecule has 0 saturated heterocycles. The zero-order valence-corrected chi connectivity index (χ0v) is 11.0. The molecule has 0 bridgehead atoms. The van der Waals surface area contributed by atoms with Gasteiger partial charge in [0.15, 0.2) is 0 Å². The lowest BCUT2D eigenvalue weighted by Crippen LogP contribution is -2.44. The minimum absolute atomic E-state index is 0.132. The number of amides is 1. The Kier molecular flexibility index (Phi) is 5.65. The third kappa shape index (κ3) is 4.13. The molecule has 1 amide bonds. The maximum atomic E-state index is 11.5. The molecular formula is C13H24N2O2. The first-order valence-corrected chi connectivity index (χ1v) is 6.33. The average molecular weight is 240 g/mol. The molecule has 0 aromatic heterocycles. The van der Waals surface area contributed by atoms with Crippen LogP contribution in [0.25, 0.3) is 0 Å². The number of allylic oxidation sites excluding steroid dienone is 2. The maximum absolute atomic E-state index is 11.5. The van der Waals surface area contributed by atoms with Crippen molar-refractivity contribution in [2.75, 3.05) is 6.61 Å². The first-order valence-electron chi connectivity index (χ1n) is 6.33. The van der Waals surface area contributed by atoms with E-state index in [0.29, 0.717) is 18.4 Å². The summed E-state index contributed by atoms with van der Waals surface area (Å²) in [6.07, 6.45) is 6.10. The molecule has 4 nitrogen and oxygen atoms in total. The van der Waals surface area contributed by atoms with Crippen LogP contribution in [0.5, 0.6) is 0 Å². The molecular weight excluding hydrogens is 216 g/mol. The average Bonchev–Trinajstić information content (AvgIpc) is 2.30. The number of nitrogens with two attached hydrogens (primary N) is 1. The number of rotatable bonds is 5. The van der Waals surface area contributed by atoms with Crippen molar-refractivity contribution >= 4 is 5.91 Å². The van der Waals surface area contributed by atoms with Crippen LogP contribution in [-0.4, -0.2) is 18.6 Å². The summed E-state index contributed by atoms with van der Waals surface area (Å²) >= 11 is 0. The number of hydrazine groups is 1. The van der Waals surface area contributed by atoms with E-state index in [1.165, 1.54) is 0 Å². The summed E-state index contributed by atoms with van der Waals surface area (Å²) in [4.78, 5) is 11.5. The predicted molar refractivity (Wildman–Crippen MR) is 67.9 cm³/mol. The fraction of sp³-hybridized carbons (Fsp3) is 0.769. The Morgan fingerprint density at radius 3 is 2.65 bits per heavy atom. The number of ether oxygens (including phenoxy) is 1. The molecule has 0 heterocycles. The van der Waals surface area contributed by atoms with E-state index in [1.807, 2.05) is 13.8 Å². The molecule has 3 atom stereocenters. The number of nitrogens with one attached hydrogen (secondary N) is 1. The highest BCUT2D eigenvalue weighted by Gasteiger charge is 2.25. The molecule has 3 N–H and O–H groups in total. The van der Waals surface area contributed by atoms with Gasteiger partial charge >= 0.3 is 0 Å². The van der Waals surface area contributed by atoms with Crippen molar-refractivity contribution in [1.29, 1.82) is 0 Å². The fourth-order valence-electron chi connectivity index (χ4n) is 2.12. The molecule has 0 radical (unpaired) electrons. The number of hydrogen-bond donors (Lipinski definition) is 2. The Labute approximate surface area is 104 Å². The zero-order valence-electron chi connectivity index (χ0n) is 11.0. The van der Waals surface area contributed by atoms with Crippen molar-refractivity contribution in [2.24, 2.45) is 23.6 Å². The van der Waals surface area contributed by atoms with Crippen LogP contribution in [0.4, 0.5) is 0 Å². The van der Waals surface area contributed by atoms with Crippen LogP contribution in [0.15, 0.2) is 12.2 Å². The summed E-state index contributed by atoms with van der Waals surface area (Å²) in [5.74, 6) is 6.18. The standard InChI is InChI=1S/C13H24N2O2/c1-9(2)12(13(16)15-14)17-8-11-7-5-4-6-10(11)3/h4-5,9-12H,6-8,14H2,1-3H3,(H,15,16). The number of carbonyl (C=O) groups is 1. The Morgan fingerprint density at radius 1 is 1.47 bits per heavy atom. The zero-order chi connectivity index (χ0) is 12.8. The van der Waals surface area contributed by atoms with Crippen LogP contribution in [-0.2, 0) is 9.53 Å². The van der Waals surface area contributed by atoms with E-state index >= 15 is 0 Å². The van der Waals surface area contributed by atoms with E-state index in [9.17, 15) is 4.79 Å². The van der Waals surface area contributed by atoms with Gasteiger partial charge in [0.1, 0.15) is 6.10 Å². The van der Waals surface area contributed by atoms with E-state index in [0.717, 1.165) is 12.8 Å². The molecule has 0 fully saturated rings. The van der Waals surface area contributed by atoms with Crippen LogP contribution in [0.2, 0.25) is 0 Å². The highest BCUT2D eigenvalue weighted by Crippen LogP contribution is 2.25. The van der Waals surface area contributed by atoms with Gasteiger partial charge in [-0.05, 0) is 30.6 Å². The van der Waals surface area contributed by atoms with Gasteiger partial charge in [-0.15, -0.1) is 0 Å². The topological polar surface area (TPSA) is 64.3 Å². The van der Waals surface area contributed by atoms with Crippen LogP contribution >= 0.6 is 0 Å². The van der Waals surface area contributed by atoms with Crippen LogP contribution in [0, 0.1) is 17.8 Å².